The van der Waals surface area contributed by atoms with Gasteiger partial charge < -0.3 is 15.7 Å². The Morgan fingerprint density at radius 1 is 1.06 bits per heavy atom. The summed E-state index contributed by atoms with van der Waals surface area (Å²) >= 11 is 1.52. The van der Waals surface area contributed by atoms with E-state index in [0.717, 1.165) is 59.2 Å². The second-order valence-electron chi connectivity index (χ2n) is 9.14. The molecule has 1 aliphatic carbocycles. The fraction of sp³-hybridized carbons (Fsp3) is 0.565. The highest BCUT2D eigenvalue weighted by Crippen LogP contribution is 2.29. The summed E-state index contributed by atoms with van der Waals surface area (Å²) < 4.78 is 0. The second kappa shape index (κ2) is 9.25. The number of aliphatic hydroxyl groups excluding tert-OH is 1. The molecule has 32 heavy (non-hydrogen) atoms. The molecule has 0 spiro atoms. The van der Waals surface area contributed by atoms with E-state index in [4.69, 9.17) is 9.97 Å². The van der Waals surface area contributed by atoms with Crippen LogP contribution in [0, 0.1) is 0 Å². The van der Waals surface area contributed by atoms with E-state index < -0.39 is 0 Å². The summed E-state index contributed by atoms with van der Waals surface area (Å²) in [5.41, 5.74) is 1.88. The van der Waals surface area contributed by atoms with Crippen LogP contribution in [0.1, 0.15) is 58.1 Å². The van der Waals surface area contributed by atoms with Crippen molar-refractivity contribution in [2.45, 2.75) is 83.1 Å². The van der Waals surface area contributed by atoms with Crippen LogP contribution >= 0.6 is 11.3 Å². The van der Waals surface area contributed by atoms with E-state index in [1.165, 1.54) is 24.2 Å². The normalized spacial score (nSPS) is 26.5. The second-order valence-corrected chi connectivity index (χ2v) is 10.1. The average molecular weight is 454 g/mol. The molecule has 2 aliphatic rings. The molecule has 2 unspecified atom stereocenters. The number of hydrogen-bond donors (Lipinski definition) is 3. The summed E-state index contributed by atoms with van der Waals surface area (Å²) in [6.45, 7) is 5.40. The lowest BCUT2D eigenvalue weighted by atomic mass is 9.93. The number of pyridine rings is 1. The molecule has 3 aromatic rings. The first-order valence-electron chi connectivity index (χ1n) is 11.6. The van der Waals surface area contributed by atoms with Crippen molar-refractivity contribution >= 4 is 38.6 Å². The van der Waals surface area contributed by atoms with Crippen molar-refractivity contribution in [3.63, 3.8) is 0 Å². The molecule has 1 saturated heterocycles. The minimum absolute atomic E-state index is 0.177. The molecule has 9 heteroatoms. The molecule has 1 saturated carbocycles. The first-order chi connectivity index (χ1) is 15.5. The largest absolute Gasteiger partial charge is 0.393 e. The summed E-state index contributed by atoms with van der Waals surface area (Å²) in [4.78, 5) is 22.1. The summed E-state index contributed by atoms with van der Waals surface area (Å²) in [7, 11) is 0. The Kier molecular flexibility index (Phi) is 6.21. The van der Waals surface area contributed by atoms with E-state index in [-0.39, 0.29) is 12.1 Å². The van der Waals surface area contributed by atoms with Gasteiger partial charge in [0.05, 0.1) is 11.8 Å². The third kappa shape index (κ3) is 4.84. The van der Waals surface area contributed by atoms with Crippen molar-refractivity contribution in [2.75, 3.05) is 10.6 Å². The summed E-state index contributed by atoms with van der Waals surface area (Å²) in [5, 5.41) is 17.5. The molecule has 3 aromatic heterocycles. The van der Waals surface area contributed by atoms with E-state index in [9.17, 15) is 5.11 Å². The minimum Gasteiger partial charge on any atom is -0.393 e. The maximum absolute atomic E-state index is 9.83. The molecule has 4 heterocycles. The van der Waals surface area contributed by atoms with E-state index in [1.54, 1.807) is 6.20 Å². The topological polar surface area (TPSA) is 99.1 Å². The van der Waals surface area contributed by atoms with Gasteiger partial charge in [0.25, 0.3) is 0 Å². The first kappa shape index (κ1) is 21.5. The molecule has 0 bridgehead atoms. The number of nitrogens with one attached hydrogen (secondary N) is 2. The Labute approximate surface area is 192 Å². The van der Waals surface area contributed by atoms with Gasteiger partial charge in [0.2, 0.25) is 5.95 Å². The number of thiazole rings is 1. The SMILES string of the molecule is CC1CCC(C)N1Cc1cc(Nc2nc3cccnc3s2)nc(N[C@H]2CC[C@H](O)CC2)n1. The number of aromatic nitrogens is 4. The monoisotopic (exact) mass is 453 g/mol. The highest BCUT2D eigenvalue weighted by molar-refractivity contribution is 7.21. The van der Waals surface area contributed by atoms with Crippen LogP contribution in [0.4, 0.5) is 16.9 Å². The van der Waals surface area contributed by atoms with Gasteiger partial charge in [-0.15, -0.1) is 0 Å². The fourth-order valence-electron chi connectivity index (χ4n) is 4.79. The van der Waals surface area contributed by atoms with E-state index in [2.05, 4.69) is 39.3 Å². The zero-order valence-electron chi connectivity index (χ0n) is 18.7. The third-order valence-corrected chi connectivity index (χ3v) is 7.58. The van der Waals surface area contributed by atoms with Crippen LogP contribution in [-0.4, -0.2) is 54.2 Å². The van der Waals surface area contributed by atoms with Crippen LogP contribution in [0.15, 0.2) is 24.4 Å². The number of fused-ring (bicyclic) bond motifs is 1. The van der Waals surface area contributed by atoms with Crippen LogP contribution in [0.3, 0.4) is 0 Å². The van der Waals surface area contributed by atoms with Crippen molar-refractivity contribution in [1.29, 1.82) is 0 Å². The van der Waals surface area contributed by atoms with Gasteiger partial charge in [-0.2, -0.15) is 4.98 Å². The number of aliphatic hydroxyl groups is 1. The molecule has 3 N–H and O–H groups in total. The summed E-state index contributed by atoms with van der Waals surface area (Å²) in [5.74, 6) is 1.39. The number of anilines is 3. The van der Waals surface area contributed by atoms with Crippen LogP contribution in [0.5, 0.6) is 0 Å². The predicted molar refractivity (Wildman–Crippen MR) is 128 cm³/mol. The molecule has 5 rings (SSSR count). The van der Waals surface area contributed by atoms with Gasteiger partial charge in [-0.3, -0.25) is 4.90 Å². The van der Waals surface area contributed by atoms with Gasteiger partial charge in [-0.05, 0) is 64.5 Å². The lowest BCUT2D eigenvalue weighted by Crippen LogP contribution is -2.33. The molecule has 0 amide bonds. The van der Waals surface area contributed by atoms with E-state index >= 15 is 0 Å². The predicted octanol–water partition coefficient (Wildman–Crippen LogP) is 4.31. The minimum atomic E-state index is -0.177. The number of rotatable bonds is 6. The lowest BCUT2D eigenvalue weighted by molar-refractivity contribution is 0.126. The van der Waals surface area contributed by atoms with Crippen LogP contribution in [-0.2, 0) is 6.54 Å². The molecule has 170 valence electrons. The Bertz CT molecular complexity index is 1020. The first-order valence-corrected chi connectivity index (χ1v) is 12.4. The highest BCUT2D eigenvalue weighted by Gasteiger charge is 2.28. The van der Waals surface area contributed by atoms with Gasteiger partial charge >= 0.3 is 0 Å². The third-order valence-electron chi connectivity index (χ3n) is 6.69. The Morgan fingerprint density at radius 3 is 2.59 bits per heavy atom. The maximum Gasteiger partial charge on any atom is 0.225 e. The van der Waals surface area contributed by atoms with Crippen molar-refractivity contribution in [3.8, 4) is 0 Å². The number of hydrogen-bond acceptors (Lipinski definition) is 9. The molecule has 0 radical (unpaired) electrons. The number of likely N-dealkylation sites (tertiary alicyclic amines) is 1. The smallest absolute Gasteiger partial charge is 0.225 e. The van der Waals surface area contributed by atoms with E-state index in [0.29, 0.717) is 18.0 Å². The van der Waals surface area contributed by atoms with Crippen molar-refractivity contribution in [1.82, 2.24) is 24.8 Å². The standard InChI is InChI=1S/C23H31N7OS/c1-14-5-6-15(2)30(14)13-17-12-20(29-23-27-19-4-3-11-24-21(19)32-23)28-22(26-17)25-16-7-9-18(31)10-8-16/h3-4,11-12,14-16,18,31H,5-10,13H2,1-2H3,(H2,25,26,27,28,29)/t14?,15?,16-,18-. The van der Waals surface area contributed by atoms with Crippen molar-refractivity contribution < 1.29 is 5.11 Å². The average Bonchev–Trinajstić information content (AvgIpc) is 3.32. The van der Waals surface area contributed by atoms with Gasteiger partial charge in [-0.1, -0.05) is 11.3 Å². The zero-order valence-corrected chi connectivity index (χ0v) is 19.5. The summed E-state index contributed by atoms with van der Waals surface area (Å²) in [6, 6.07) is 7.31. The molecular weight excluding hydrogens is 422 g/mol. The van der Waals surface area contributed by atoms with Gasteiger partial charge in [0.15, 0.2) is 5.13 Å². The quantitative estimate of drug-likeness (QED) is 0.508. The molecule has 0 aromatic carbocycles. The lowest BCUT2D eigenvalue weighted by Gasteiger charge is -2.27. The maximum atomic E-state index is 9.83. The Hall–Kier alpha value is -2.36. The van der Waals surface area contributed by atoms with Gasteiger partial charge in [-0.25, -0.2) is 15.0 Å². The van der Waals surface area contributed by atoms with Crippen LogP contribution in [0.25, 0.3) is 10.3 Å². The van der Waals surface area contributed by atoms with Crippen molar-refractivity contribution in [3.05, 3.63) is 30.1 Å². The summed E-state index contributed by atoms with van der Waals surface area (Å²) in [6.07, 6.45) is 7.57. The highest BCUT2D eigenvalue weighted by atomic mass is 32.1. The Balaban J connectivity index is 1.40. The van der Waals surface area contributed by atoms with Crippen molar-refractivity contribution in [2.24, 2.45) is 0 Å². The molecule has 2 fully saturated rings. The zero-order chi connectivity index (χ0) is 22.1. The van der Waals surface area contributed by atoms with E-state index in [1.807, 2.05) is 18.2 Å². The fourth-order valence-corrected chi connectivity index (χ4v) is 5.60. The van der Waals surface area contributed by atoms with Crippen LogP contribution in [0.2, 0.25) is 0 Å². The molecular formula is C23H31N7OS. The molecule has 8 nitrogen and oxygen atoms in total. The Morgan fingerprint density at radius 2 is 1.84 bits per heavy atom. The molecule has 2 atom stereocenters. The van der Waals surface area contributed by atoms with Crippen LogP contribution < -0.4 is 10.6 Å². The number of nitrogens with zero attached hydrogens (tertiary/aromatic N) is 5. The van der Waals surface area contributed by atoms with Gasteiger partial charge in [0.1, 0.15) is 16.2 Å². The van der Waals surface area contributed by atoms with Gasteiger partial charge in [0, 0.05) is 36.9 Å². The molecule has 1 aliphatic heterocycles.